The SMILES string of the molecule is CCCCC(NC(=O)c1cc(F)c(F)c(F)c1)C(=O)O. The summed E-state index contributed by atoms with van der Waals surface area (Å²) >= 11 is 0. The van der Waals surface area contributed by atoms with E-state index in [4.69, 9.17) is 5.11 Å². The van der Waals surface area contributed by atoms with Crippen molar-refractivity contribution in [3.05, 3.63) is 35.1 Å². The first-order valence-electron chi connectivity index (χ1n) is 6.05. The molecule has 0 aliphatic carbocycles. The van der Waals surface area contributed by atoms with E-state index in [0.29, 0.717) is 18.6 Å². The van der Waals surface area contributed by atoms with Crippen molar-refractivity contribution >= 4 is 11.9 Å². The van der Waals surface area contributed by atoms with Gasteiger partial charge in [0.2, 0.25) is 0 Å². The van der Waals surface area contributed by atoms with Gasteiger partial charge in [0.25, 0.3) is 5.91 Å². The van der Waals surface area contributed by atoms with Crippen LogP contribution in [0.2, 0.25) is 0 Å². The predicted molar refractivity (Wildman–Crippen MR) is 64.7 cm³/mol. The van der Waals surface area contributed by atoms with E-state index in [1.807, 2.05) is 6.92 Å². The average Bonchev–Trinajstić information content (AvgIpc) is 2.39. The van der Waals surface area contributed by atoms with Crippen molar-refractivity contribution < 1.29 is 27.9 Å². The summed E-state index contributed by atoms with van der Waals surface area (Å²) in [4.78, 5) is 22.6. The molecule has 7 heteroatoms. The van der Waals surface area contributed by atoms with Gasteiger partial charge in [-0.25, -0.2) is 18.0 Å². The van der Waals surface area contributed by atoms with Crippen molar-refractivity contribution in [2.45, 2.75) is 32.2 Å². The highest BCUT2D eigenvalue weighted by Crippen LogP contribution is 2.14. The molecule has 1 aromatic carbocycles. The van der Waals surface area contributed by atoms with E-state index in [1.165, 1.54) is 0 Å². The van der Waals surface area contributed by atoms with Gasteiger partial charge in [-0.3, -0.25) is 4.79 Å². The first-order chi connectivity index (χ1) is 9.36. The minimum absolute atomic E-state index is 0.198. The highest BCUT2D eigenvalue weighted by molar-refractivity contribution is 5.96. The molecule has 20 heavy (non-hydrogen) atoms. The number of hydrogen-bond acceptors (Lipinski definition) is 2. The lowest BCUT2D eigenvalue weighted by Gasteiger charge is -2.14. The minimum Gasteiger partial charge on any atom is -0.480 e. The monoisotopic (exact) mass is 289 g/mol. The third-order valence-electron chi connectivity index (χ3n) is 2.70. The Hall–Kier alpha value is -2.05. The zero-order valence-corrected chi connectivity index (χ0v) is 10.8. The van der Waals surface area contributed by atoms with E-state index in [9.17, 15) is 22.8 Å². The van der Waals surface area contributed by atoms with E-state index in [0.717, 1.165) is 6.42 Å². The van der Waals surface area contributed by atoms with Gasteiger partial charge in [0.15, 0.2) is 17.5 Å². The molecule has 0 saturated heterocycles. The molecule has 2 N–H and O–H groups in total. The smallest absolute Gasteiger partial charge is 0.326 e. The van der Waals surface area contributed by atoms with Crippen LogP contribution in [0, 0.1) is 17.5 Å². The molecule has 0 heterocycles. The second kappa shape index (κ2) is 6.93. The number of carboxylic acids is 1. The molecule has 0 radical (unpaired) electrons. The summed E-state index contributed by atoms with van der Waals surface area (Å²) in [6.07, 6.45) is 1.51. The van der Waals surface area contributed by atoms with Crippen LogP contribution in [0.25, 0.3) is 0 Å². The number of halogens is 3. The fraction of sp³-hybridized carbons (Fsp3) is 0.385. The summed E-state index contributed by atoms with van der Waals surface area (Å²) in [5, 5.41) is 11.1. The van der Waals surface area contributed by atoms with Crippen LogP contribution in [-0.4, -0.2) is 23.0 Å². The minimum atomic E-state index is -1.68. The quantitative estimate of drug-likeness (QED) is 0.791. The highest BCUT2D eigenvalue weighted by atomic mass is 19.2. The number of rotatable bonds is 6. The van der Waals surface area contributed by atoms with Crippen molar-refractivity contribution in [3.63, 3.8) is 0 Å². The van der Waals surface area contributed by atoms with Crippen molar-refractivity contribution in [3.8, 4) is 0 Å². The molecular weight excluding hydrogens is 275 g/mol. The van der Waals surface area contributed by atoms with E-state index >= 15 is 0 Å². The Balaban J connectivity index is 2.86. The van der Waals surface area contributed by atoms with E-state index in [2.05, 4.69) is 5.32 Å². The number of benzene rings is 1. The van der Waals surface area contributed by atoms with Crippen LogP contribution < -0.4 is 5.32 Å². The third-order valence-corrected chi connectivity index (χ3v) is 2.70. The molecule has 0 aliphatic rings. The Morgan fingerprint density at radius 3 is 2.25 bits per heavy atom. The molecule has 0 saturated carbocycles. The number of nitrogens with one attached hydrogen (secondary N) is 1. The molecule has 0 spiro atoms. The molecule has 1 amide bonds. The first-order valence-corrected chi connectivity index (χ1v) is 6.05. The largest absolute Gasteiger partial charge is 0.480 e. The fourth-order valence-corrected chi connectivity index (χ4v) is 1.59. The molecule has 1 unspecified atom stereocenters. The van der Waals surface area contributed by atoms with Crippen LogP contribution >= 0.6 is 0 Å². The molecule has 0 fully saturated rings. The van der Waals surface area contributed by atoms with Crippen LogP contribution in [-0.2, 0) is 4.79 Å². The second-order valence-electron chi connectivity index (χ2n) is 4.26. The number of carboxylic acid groups (broad SMARTS) is 1. The predicted octanol–water partition coefficient (Wildman–Crippen LogP) is 2.48. The summed E-state index contributed by atoms with van der Waals surface area (Å²) in [7, 11) is 0. The van der Waals surface area contributed by atoms with Gasteiger partial charge in [-0.1, -0.05) is 19.8 Å². The standard InChI is InChI=1S/C13H14F3NO3/c1-2-3-4-10(13(19)20)17-12(18)7-5-8(14)11(16)9(15)6-7/h5-6,10H,2-4H2,1H3,(H,17,18)(H,19,20). The zero-order valence-electron chi connectivity index (χ0n) is 10.8. The van der Waals surface area contributed by atoms with Gasteiger partial charge in [-0.05, 0) is 18.6 Å². The molecule has 0 bridgehead atoms. The summed E-state index contributed by atoms with van der Waals surface area (Å²) in [5.74, 6) is -6.89. The number of carbonyl (C=O) groups excluding carboxylic acids is 1. The molecule has 1 rings (SSSR count). The third kappa shape index (κ3) is 3.97. The van der Waals surface area contributed by atoms with Gasteiger partial charge >= 0.3 is 5.97 Å². The molecule has 4 nitrogen and oxygen atoms in total. The number of unbranched alkanes of at least 4 members (excludes halogenated alkanes) is 1. The highest BCUT2D eigenvalue weighted by Gasteiger charge is 2.21. The molecular formula is C13H14F3NO3. The first kappa shape index (κ1) is 16.0. The van der Waals surface area contributed by atoms with Gasteiger partial charge in [-0.2, -0.15) is 0 Å². The van der Waals surface area contributed by atoms with E-state index < -0.39 is 40.9 Å². The van der Waals surface area contributed by atoms with Crippen molar-refractivity contribution in [2.75, 3.05) is 0 Å². The number of aliphatic carboxylic acids is 1. The van der Waals surface area contributed by atoms with Gasteiger partial charge in [0.1, 0.15) is 6.04 Å². The maximum Gasteiger partial charge on any atom is 0.326 e. The summed E-state index contributed by atoms with van der Waals surface area (Å²) < 4.78 is 38.7. The molecule has 0 aliphatic heterocycles. The number of carbonyl (C=O) groups is 2. The normalized spacial score (nSPS) is 12.0. The van der Waals surface area contributed by atoms with Crippen molar-refractivity contribution in [2.24, 2.45) is 0 Å². The van der Waals surface area contributed by atoms with Crippen LogP contribution in [0.4, 0.5) is 13.2 Å². The van der Waals surface area contributed by atoms with E-state index in [-0.39, 0.29) is 6.42 Å². The van der Waals surface area contributed by atoms with Crippen LogP contribution in [0.1, 0.15) is 36.5 Å². The lowest BCUT2D eigenvalue weighted by atomic mass is 10.1. The van der Waals surface area contributed by atoms with Gasteiger partial charge in [0.05, 0.1) is 0 Å². The Bertz CT molecular complexity index is 497. The maximum absolute atomic E-state index is 13.0. The molecule has 1 aromatic rings. The van der Waals surface area contributed by atoms with Crippen LogP contribution in [0.5, 0.6) is 0 Å². The van der Waals surface area contributed by atoms with Gasteiger partial charge in [0, 0.05) is 5.56 Å². The van der Waals surface area contributed by atoms with E-state index in [1.54, 1.807) is 0 Å². The van der Waals surface area contributed by atoms with Crippen LogP contribution in [0.15, 0.2) is 12.1 Å². The lowest BCUT2D eigenvalue weighted by Crippen LogP contribution is -2.40. The van der Waals surface area contributed by atoms with Gasteiger partial charge < -0.3 is 10.4 Å². The number of hydrogen-bond donors (Lipinski definition) is 2. The molecule has 110 valence electrons. The van der Waals surface area contributed by atoms with Crippen molar-refractivity contribution in [1.29, 1.82) is 0 Å². The topological polar surface area (TPSA) is 66.4 Å². The van der Waals surface area contributed by atoms with Crippen molar-refractivity contribution in [1.82, 2.24) is 5.32 Å². The molecule has 1 atom stereocenters. The average molecular weight is 289 g/mol. The fourth-order valence-electron chi connectivity index (χ4n) is 1.59. The summed E-state index contributed by atoms with van der Waals surface area (Å²) in [6, 6.07) is -0.113. The Morgan fingerprint density at radius 1 is 1.25 bits per heavy atom. The Labute approximate surface area is 113 Å². The summed E-state index contributed by atoms with van der Waals surface area (Å²) in [6.45, 7) is 1.85. The van der Waals surface area contributed by atoms with Gasteiger partial charge in [-0.15, -0.1) is 0 Å². The van der Waals surface area contributed by atoms with Crippen LogP contribution in [0.3, 0.4) is 0 Å². The lowest BCUT2D eigenvalue weighted by molar-refractivity contribution is -0.139. The second-order valence-corrected chi connectivity index (χ2v) is 4.26. The Morgan fingerprint density at radius 2 is 1.80 bits per heavy atom. The summed E-state index contributed by atoms with van der Waals surface area (Å²) in [5.41, 5.74) is -0.468. The molecule has 0 aromatic heterocycles. The number of amides is 1. The Kier molecular flexibility index (Phi) is 5.54. The zero-order chi connectivity index (χ0) is 15.3. The maximum atomic E-state index is 13.0.